The van der Waals surface area contributed by atoms with Gasteiger partial charge in [-0.25, -0.2) is 15.1 Å². The van der Waals surface area contributed by atoms with E-state index in [-0.39, 0.29) is 6.61 Å². The zero-order valence-electron chi connectivity index (χ0n) is 8.67. The Hall–Kier alpha value is -2.09. The maximum Gasteiger partial charge on any atom is 0.331 e. The van der Waals surface area contributed by atoms with Crippen molar-refractivity contribution in [3.63, 3.8) is 0 Å². The second kappa shape index (κ2) is 6.40. The number of esters is 2. The first-order valence-electron chi connectivity index (χ1n) is 4.45. The van der Waals surface area contributed by atoms with Crippen LogP contribution >= 0.6 is 0 Å². The van der Waals surface area contributed by atoms with Crippen LogP contribution in [0.2, 0.25) is 0 Å². The zero-order chi connectivity index (χ0) is 11.8. The zero-order valence-corrected chi connectivity index (χ0v) is 8.67. The molecule has 0 aromatic heterocycles. The van der Waals surface area contributed by atoms with Crippen LogP contribution in [0.3, 0.4) is 0 Å². The van der Waals surface area contributed by atoms with Gasteiger partial charge in [0.1, 0.15) is 12.9 Å². The molecule has 0 amide bonds. The Morgan fingerprint density at radius 3 is 2.81 bits per heavy atom. The lowest BCUT2D eigenvalue weighted by Crippen LogP contribution is -2.39. The van der Waals surface area contributed by atoms with Crippen molar-refractivity contribution in [2.75, 3.05) is 20.3 Å². The lowest BCUT2D eigenvalue weighted by Gasteiger charge is -2.12. The van der Waals surface area contributed by atoms with Crippen molar-refractivity contribution in [2.45, 2.75) is 0 Å². The van der Waals surface area contributed by atoms with Crippen LogP contribution in [0.25, 0.3) is 0 Å². The van der Waals surface area contributed by atoms with E-state index >= 15 is 0 Å². The van der Waals surface area contributed by atoms with Gasteiger partial charge in [0.2, 0.25) is 0 Å². The molecule has 88 valence electrons. The van der Waals surface area contributed by atoms with Crippen molar-refractivity contribution in [3.8, 4) is 0 Å². The topological polar surface area (TPSA) is 92.3 Å². The van der Waals surface area contributed by atoms with Gasteiger partial charge in [-0.05, 0) is 0 Å². The molecule has 16 heavy (non-hydrogen) atoms. The lowest BCUT2D eigenvalue weighted by atomic mass is 10.5. The lowest BCUT2D eigenvalue weighted by molar-refractivity contribution is -0.139. The molecule has 0 bridgehead atoms. The van der Waals surface area contributed by atoms with E-state index in [2.05, 4.69) is 20.9 Å². The normalized spacial score (nSPS) is 13.9. The minimum Gasteiger partial charge on any atom is -0.466 e. The van der Waals surface area contributed by atoms with E-state index in [1.807, 2.05) is 0 Å². The Labute approximate surface area is 91.8 Å². The summed E-state index contributed by atoms with van der Waals surface area (Å²) < 4.78 is 9.10. The molecule has 0 atom stereocenters. The molecule has 0 radical (unpaired) electrons. The van der Waals surface area contributed by atoms with Crippen LogP contribution in [0, 0.1) is 0 Å². The summed E-state index contributed by atoms with van der Waals surface area (Å²) in [6, 6.07) is 0. The van der Waals surface area contributed by atoms with Gasteiger partial charge in [-0.2, -0.15) is 5.10 Å². The quantitative estimate of drug-likeness (QED) is 0.438. The van der Waals surface area contributed by atoms with Crippen LogP contribution in [-0.2, 0) is 19.1 Å². The molecule has 0 spiro atoms. The molecular formula is C8H12N4O4. The Morgan fingerprint density at radius 1 is 1.44 bits per heavy atom. The minimum atomic E-state index is -0.602. The molecule has 0 unspecified atom stereocenters. The van der Waals surface area contributed by atoms with Gasteiger partial charge in [0.15, 0.2) is 0 Å². The van der Waals surface area contributed by atoms with Gasteiger partial charge in [0, 0.05) is 12.2 Å². The van der Waals surface area contributed by atoms with Gasteiger partial charge in [0.25, 0.3) is 0 Å². The van der Waals surface area contributed by atoms with Crippen LogP contribution in [0.15, 0.2) is 17.3 Å². The molecule has 0 saturated carbocycles. The van der Waals surface area contributed by atoms with Gasteiger partial charge in [0.05, 0.1) is 13.7 Å². The number of methoxy groups -OCH3 is 1. The first-order chi connectivity index (χ1) is 7.72. The van der Waals surface area contributed by atoms with E-state index < -0.39 is 11.9 Å². The van der Waals surface area contributed by atoms with E-state index in [0.717, 1.165) is 12.2 Å². The summed E-state index contributed by atoms with van der Waals surface area (Å²) >= 11 is 0. The first kappa shape index (κ1) is 12.0. The molecule has 2 N–H and O–H groups in total. The highest BCUT2D eigenvalue weighted by Crippen LogP contribution is 1.87. The van der Waals surface area contributed by atoms with Crippen LogP contribution in [0.4, 0.5) is 0 Å². The number of nitrogens with one attached hydrogen (secondary N) is 2. The van der Waals surface area contributed by atoms with Crippen LogP contribution in [-0.4, -0.2) is 43.5 Å². The molecule has 0 fully saturated rings. The molecule has 1 aliphatic heterocycles. The monoisotopic (exact) mass is 228 g/mol. The van der Waals surface area contributed by atoms with E-state index in [1.54, 1.807) is 5.01 Å². The van der Waals surface area contributed by atoms with Crippen molar-refractivity contribution in [1.82, 2.24) is 16.1 Å². The number of rotatable bonds is 5. The summed E-state index contributed by atoms with van der Waals surface area (Å²) in [5.41, 5.74) is 5.16. The van der Waals surface area contributed by atoms with Crippen LogP contribution in [0.1, 0.15) is 0 Å². The number of hydrogen-bond donors (Lipinski definition) is 2. The van der Waals surface area contributed by atoms with Crippen molar-refractivity contribution in [2.24, 2.45) is 5.10 Å². The average Bonchev–Trinajstić information content (AvgIpc) is 2.79. The molecule has 1 heterocycles. The molecule has 0 aromatic carbocycles. The molecular weight excluding hydrogens is 216 g/mol. The highest BCUT2D eigenvalue weighted by atomic mass is 16.5. The molecule has 8 heteroatoms. The molecule has 8 nitrogen and oxygen atoms in total. The molecule has 0 aromatic rings. The van der Waals surface area contributed by atoms with Gasteiger partial charge in [-0.1, -0.05) is 0 Å². The van der Waals surface area contributed by atoms with Crippen LogP contribution < -0.4 is 11.1 Å². The second-order valence-electron chi connectivity index (χ2n) is 2.69. The van der Waals surface area contributed by atoms with Crippen molar-refractivity contribution >= 4 is 18.3 Å². The Kier molecular flexibility index (Phi) is 4.80. The van der Waals surface area contributed by atoms with Crippen molar-refractivity contribution in [3.05, 3.63) is 12.2 Å². The highest BCUT2D eigenvalue weighted by Gasteiger charge is 2.05. The Morgan fingerprint density at radius 2 is 2.19 bits per heavy atom. The summed E-state index contributed by atoms with van der Waals surface area (Å²) in [6.07, 6.45) is 3.52. The second-order valence-corrected chi connectivity index (χ2v) is 2.69. The smallest absolute Gasteiger partial charge is 0.331 e. The third kappa shape index (κ3) is 4.42. The van der Waals surface area contributed by atoms with E-state index in [9.17, 15) is 9.59 Å². The summed E-state index contributed by atoms with van der Waals surface area (Å²) in [5, 5.41) is 5.25. The van der Waals surface area contributed by atoms with Gasteiger partial charge in [-0.15, -0.1) is 5.53 Å². The number of hydrazone groups is 1. The standard InChI is InChI=1S/C8H12N4O4/c1-15-7(13)2-3-8(14)16-5-4-12-6-9-10-11-12/h2-3,6,10-11H,4-5H2,1H3/b3-2+. The fraction of sp³-hybridized carbons (Fsp3) is 0.375. The number of nitrogens with zero attached hydrogens (tertiary/aromatic N) is 2. The average molecular weight is 228 g/mol. The van der Waals surface area contributed by atoms with Crippen molar-refractivity contribution < 1.29 is 19.1 Å². The largest absolute Gasteiger partial charge is 0.466 e. The summed E-state index contributed by atoms with van der Waals surface area (Å²) in [7, 11) is 1.23. The Balaban J connectivity index is 2.12. The molecule has 1 aliphatic rings. The van der Waals surface area contributed by atoms with Gasteiger partial charge >= 0.3 is 11.9 Å². The molecule has 1 rings (SSSR count). The first-order valence-corrected chi connectivity index (χ1v) is 4.45. The number of carbonyl (C=O) groups is 2. The SMILES string of the molecule is COC(=O)/C=C/C(=O)OCCN1C=NNN1. The number of carbonyl (C=O) groups excluding carboxylic acids is 2. The van der Waals surface area contributed by atoms with Crippen molar-refractivity contribution in [1.29, 1.82) is 0 Å². The van der Waals surface area contributed by atoms with Crippen LogP contribution in [0.5, 0.6) is 0 Å². The third-order valence-electron chi connectivity index (χ3n) is 1.59. The van der Waals surface area contributed by atoms with Gasteiger partial charge in [-0.3, -0.25) is 5.01 Å². The highest BCUT2D eigenvalue weighted by molar-refractivity contribution is 5.91. The molecule has 0 aliphatic carbocycles. The maximum absolute atomic E-state index is 11.0. The predicted molar refractivity (Wildman–Crippen MR) is 53.6 cm³/mol. The maximum atomic E-state index is 11.0. The van der Waals surface area contributed by atoms with E-state index in [4.69, 9.17) is 4.74 Å². The fourth-order valence-corrected chi connectivity index (χ4v) is 0.831. The minimum absolute atomic E-state index is 0.172. The Bertz CT molecular complexity index is 315. The summed E-state index contributed by atoms with van der Waals surface area (Å²) in [4.78, 5) is 21.7. The number of hydrogen-bond acceptors (Lipinski definition) is 8. The summed E-state index contributed by atoms with van der Waals surface area (Å²) in [6.45, 7) is 0.610. The third-order valence-corrected chi connectivity index (χ3v) is 1.59. The number of ether oxygens (including phenoxy) is 2. The fourth-order valence-electron chi connectivity index (χ4n) is 0.831. The van der Waals surface area contributed by atoms with Gasteiger partial charge < -0.3 is 9.47 Å². The number of hydrazine groups is 2. The van der Waals surface area contributed by atoms with E-state index in [0.29, 0.717) is 6.54 Å². The summed E-state index contributed by atoms with van der Waals surface area (Å²) in [5.74, 6) is -1.20. The predicted octanol–water partition coefficient (Wildman–Crippen LogP) is -1.47. The van der Waals surface area contributed by atoms with E-state index in [1.165, 1.54) is 13.4 Å². The molecule has 0 saturated heterocycles.